The highest BCUT2D eigenvalue weighted by molar-refractivity contribution is 5.85. The number of nitrogens with zero attached hydrogens (tertiary/aromatic N) is 2. The average Bonchev–Trinajstić information content (AvgIpc) is 2.54. The molecule has 7 heteroatoms. The van der Waals surface area contributed by atoms with E-state index in [9.17, 15) is 13.6 Å². The number of hydrogen-bond acceptors (Lipinski definition) is 3. The number of carbonyl (C=O) groups excluding carboxylic acids is 1. The van der Waals surface area contributed by atoms with Crippen LogP contribution >= 0.6 is 12.4 Å². The van der Waals surface area contributed by atoms with Crippen molar-refractivity contribution < 1.29 is 13.6 Å². The fraction of sp³-hybridized carbons (Fsp3) is 0.611. The van der Waals surface area contributed by atoms with Crippen LogP contribution in [-0.2, 0) is 11.3 Å². The molecule has 142 valence electrons. The van der Waals surface area contributed by atoms with Crippen LogP contribution < -0.4 is 5.73 Å². The van der Waals surface area contributed by atoms with E-state index in [2.05, 4.69) is 0 Å². The van der Waals surface area contributed by atoms with Gasteiger partial charge < -0.3 is 15.5 Å². The Bertz CT molecular complexity index is 571. The zero-order valence-electron chi connectivity index (χ0n) is 14.9. The molecule has 1 aromatic rings. The van der Waals surface area contributed by atoms with Crippen molar-refractivity contribution in [3.05, 3.63) is 35.4 Å². The van der Waals surface area contributed by atoms with E-state index in [1.807, 2.05) is 19.0 Å². The first-order valence-electron chi connectivity index (χ1n) is 8.50. The molecule has 2 N–H and O–H groups in total. The van der Waals surface area contributed by atoms with E-state index in [0.717, 1.165) is 31.4 Å². The van der Waals surface area contributed by atoms with Crippen molar-refractivity contribution in [1.29, 1.82) is 0 Å². The van der Waals surface area contributed by atoms with Gasteiger partial charge in [0.15, 0.2) is 11.6 Å². The number of likely N-dealkylation sites (N-methyl/N-ethyl adjacent to an activating group) is 1. The average molecular weight is 376 g/mol. The molecule has 1 saturated carbocycles. The molecule has 2 atom stereocenters. The zero-order chi connectivity index (χ0) is 17.7. The Morgan fingerprint density at radius 3 is 2.52 bits per heavy atom. The Kier molecular flexibility index (Phi) is 8.76. The quantitative estimate of drug-likeness (QED) is 0.831. The van der Waals surface area contributed by atoms with Gasteiger partial charge in [-0.2, -0.15) is 0 Å². The van der Waals surface area contributed by atoms with Crippen LogP contribution in [0.25, 0.3) is 0 Å². The zero-order valence-corrected chi connectivity index (χ0v) is 15.7. The maximum Gasteiger partial charge on any atom is 0.226 e. The molecule has 1 aliphatic carbocycles. The Morgan fingerprint density at radius 2 is 1.92 bits per heavy atom. The lowest BCUT2D eigenvalue weighted by Gasteiger charge is -2.32. The van der Waals surface area contributed by atoms with Gasteiger partial charge in [-0.05, 0) is 51.1 Å². The van der Waals surface area contributed by atoms with Crippen LogP contribution in [0.5, 0.6) is 0 Å². The van der Waals surface area contributed by atoms with Gasteiger partial charge >= 0.3 is 0 Å². The van der Waals surface area contributed by atoms with Crippen LogP contribution in [0.1, 0.15) is 31.2 Å². The molecule has 0 bridgehead atoms. The summed E-state index contributed by atoms with van der Waals surface area (Å²) in [4.78, 5) is 16.6. The minimum Gasteiger partial charge on any atom is -0.337 e. The minimum atomic E-state index is -0.882. The van der Waals surface area contributed by atoms with Crippen LogP contribution in [0, 0.1) is 17.6 Å². The van der Waals surface area contributed by atoms with Crippen molar-refractivity contribution in [3.8, 4) is 0 Å². The highest BCUT2D eigenvalue weighted by atomic mass is 35.5. The molecule has 0 radical (unpaired) electrons. The summed E-state index contributed by atoms with van der Waals surface area (Å²) in [7, 11) is 3.88. The Balaban J connectivity index is 0.00000312. The van der Waals surface area contributed by atoms with Crippen LogP contribution in [0.15, 0.2) is 18.2 Å². The lowest BCUT2D eigenvalue weighted by molar-refractivity contribution is -0.137. The molecule has 1 aliphatic rings. The van der Waals surface area contributed by atoms with Gasteiger partial charge in [0, 0.05) is 31.6 Å². The first-order valence-corrected chi connectivity index (χ1v) is 8.50. The number of rotatable bonds is 6. The van der Waals surface area contributed by atoms with Gasteiger partial charge in [0.1, 0.15) is 0 Å². The van der Waals surface area contributed by atoms with Crippen LogP contribution in [0.4, 0.5) is 8.78 Å². The summed E-state index contributed by atoms with van der Waals surface area (Å²) < 4.78 is 26.6. The molecular weight excluding hydrogens is 348 g/mol. The molecule has 0 heterocycles. The first-order chi connectivity index (χ1) is 11.4. The predicted octanol–water partition coefficient (Wildman–Crippen LogP) is 2.79. The molecular formula is C18H28ClF2N3O. The molecule has 1 aromatic carbocycles. The normalized spacial score (nSPS) is 20.2. The molecule has 1 amide bonds. The molecule has 0 spiro atoms. The lowest BCUT2D eigenvalue weighted by atomic mass is 9.85. The maximum absolute atomic E-state index is 13.4. The number of halogens is 3. The summed E-state index contributed by atoms with van der Waals surface area (Å²) in [5.74, 6) is -1.76. The summed E-state index contributed by atoms with van der Waals surface area (Å²) in [6, 6.07) is 3.88. The standard InChI is InChI=1S/C18H27F2N3O.ClH/c1-22(2)8-9-23(12-13-6-7-16(19)17(20)10-13)18(24)14-4-3-5-15(21)11-14;/h6-7,10,14-15H,3-5,8-9,11-12,21H2,1-2H3;1H. The minimum absolute atomic E-state index is 0. The Labute approximate surface area is 154 Å². The number of nitrogens with two attached hydrogens (primary N) is 1. The van der Waals surface area contributed by atoms with E-state index in [4.69, 9.17) is 5.73 Å². The van der Waals surface area contributed by atoms with Crippen molar-refractivity contribution in [2.45, 2.75) is 38.3 Å². The predicted molar refractivity (Wildman–Crippen MR) is 97.5 cm³/mol. The molecule has 0 aliphatic heterocycles. The van der Waals surface area contributed by atoms with Crippen molar-refractivity contribution in [2.75, 3.05) is 27.2 Å². The van der Waals surface area contributed by atoms with E-state index in [1.165, 1.54) is 6.07 Å². The van der Waals surface area contributed by atoms with Crippen LogP contribution in [0.2, 0.25) is 0 Å². The fourth-order valence-electron chi connectivity index (χ4n) is 3.16. The van der Waals surface area contributed by atoms with Gasteiger partial charge in [-0.15, -0.1) is 12.4 Å². The second-order valence-corrected chi connectivity index (χ2v) is 6.94. The van der Waals surface area contributed by atoms with Crippen LogP contribution in [0.3, 0.4) is 0 Å². The highest BCUT2D eigenvalue weighted by Gasteiger charge is 2.29. The topological polar surface area (TPSA) is 49.6 Å². The third-order valence-corrected chi connectivity index (χ3v) is 4.55. The third kappa shape index (κ3) is 6.53. The molecule has 2 rings (SSSR count). The van der Waals surface area contributed by atoms with E-state index in [1.54, 1.807) is 4.90 Å². The van der Waals surface area contributed by atoms with Gasteiger partial charge in [-0.3, -0.25) is 4.79 Å². The van der Waals surface area contributed by atoms with Gasteiger partial charge in [0.05, 0.1) is 0 Å². The molecule has 25 heavy (non-hydrogen) atoms. The monoisotopic (exact) mass is 375 g/mol. The number of benzene rings is 1. The molecule has 0 saturated heterocycles. The summed E-state index contributed by atoms with van der Waals surface area (Å²) in [6.45, 7) is 1.56. The fourth-order valence-corrected chi connectivity index (χ4v) is 3.16. The summed E-state index contributed by atoms with van der Waals surface area (Å²) in [6.07, 6.45) is 3.48. The summed E-state index contributed by atoms with van der Waals surface area (Å²) in [5.41, 5.74) is 6.60. The van der Waals surface area contributed by atoms with E-state index in [-0.39, 0.29) is 36.8 Å². The third-order valence-electron chi connectivity index (χ3n) is 4.55. The maximum atomic E-state index is 13.4. The van der Waals surface area contributed by atoms with Crippen molar-refractivity contribution in [3.63, 3.8) is 0 Å². The second kappa shape index (κ2) is 10.0. The Morgan fingerprint density at radius 1 is 1.20 bits per heavy atom. The SMILES string of the molecule is CN(C)CCN(Cc1ccc(F)c(F)c1)C(=O)C1CCCC(N)C1.Cl. The van der Waals surface area contributed by atoms with Gasteiger partial charge in [0.25, 0.3) is 0 Å². The second-order valence-electron chi connectivity index (χ2n) is 6.94. The highest BCUT2D eigenvalue weighted by Crippen LogP contribution is 2.25. The lowest BCUT2D eigenvalue weighted by Crippen LogP contribution is -2.42. The van der Waals surface area contributed by atoms with Crippen molar-refractivity contribution in [2.24, 2.45) is 11.7 Å². The van der Waals surface area contributed by atoms with Crippen LogP contribution in [-0.4, -0.2) is 48.9 Å². The molecule has 1 fully saturated rings. The van der Waals surface area contributed by atoms with Crippen molar-refractivity contribution >= 4 is 18.3 Å². The molecule has 4 nitrogen and oxygen atoms in total. The van der Waals surface area contributed by atoms with Gasteiger partial charge in [-0.1, -0.05) is 12.5 Å². The van der Waals surface area contributed by atoms with E-state index < -0.39 is 11.6 Å². The largest absolute Gasteiger partial charge is 0.337 e. The number of carbonyl (C=O) groups is 1. The van der Waals surface area contributed by atoms with E-state index >= 15 is 0 Å². The van der Waals surface area contributed by atoms with Crippen molar-refractivity contribution in [1.82, 2.24) is 9.80 Å². The molecule has 0 aromatic heterocycles. The first kappa shape index (κ1) is 21.8. The molecule has 2 unspecified atom stereocenters. The summed E-state index contributed by atoms with van der Waals surface area (Å²) >= 11 is 0. The number of amides is 1. The Hall–Kier alpha value is -1.24. The van der Waals surface area contributed by atoms with Gasteiger partial charge in [0.2, 0.25) is 5.91 Å². The summed E-state index contributed by atoms with van der Waals surface area (Å²) in [5, 5.41) is 0. The van der Waals surface area contributed by atoms with Gasteiger partial charge in [-0.25, -0.2) is 8.78 Å². The van der Waals surface area contributed by atoms with E-state index in [0.29, 0.717) is 25.1 Å². The smallest absolute Gasteiger partial charge is 0.226 e. The number of hydrogen-bond donors (Lipinski definition) is 1.